The zero-order valence-corrected chi connectivity index (χ0v) is 14.6. The molecule has 1 atom stereocenters. The van der Waals surface area contributed by atoms with Gasteiger partial charge in [0.15, 0.2) is 0 Å². The quantitative estimate of drug-likeness (QED) is 0.872. The molecule has 0 aromatic heterocycles. The average Bonchev–Trinajstić information content (AvgIpc) is 3.02. The molecule has 1 aliphatic rings. The highest BCUT2D eigenvalue weighted by Crippen LogP contribution is 2.34. The van der Waals surface area contributed by atoms with Crippen LogP contribution in [0, 0.1) is 0 Å². The summed E-state index contributed by atoms with van der Waals surface area (Å²) >= 11 is 0. The molecule has 0 bridgehead atoms. The SMILES string of the molecule is FC(F)(F)ON1CCCC1c1ccccc1.NS(=O)(=O)c1ccccc1. The Balaban J connectivity index is 0.000000209. The molecule has 2 N–H and O–H groups in total. The van der Waals surface area contributed by atoms with E-state index in [0.717, 1.165) is 17.0 Å². The van der Waals surface area contributed by atoms with E-state index in [4.69, 9.17) is 5.14 Å². The van der Waals surface area contributed by atoms with Gasteiger partial charge < -0.3 is 0 Å². The monoisotopic (exact) mass is 388 g/mol. The van der Waals surface area contributed by atoms with Gasteiger partial charge in [0.05, 0.1) is 10.9 Å². The number of benzene rings is 2. The van der Waals surface area contributed by atoms with E-state index in [1.165, 1.54) is 12.1 Å². The van der Waals surface area contributed by atoms with E-state index in [2.05, 4.69) is 4.84 Å². The normalized spacial score (nSPS) is 18.2. The van der Waals surface area contributed by atoms with E-state index in [1.807, 2.05) is 30.3 Å². The average molecular weight is 388 g/mol. The smallest absolute Gasteiger partial charge is 0.225 e. The Morgan fingerprint density at radius 3 is 2.00 bits per heavy atom. The molecule has 0 radical (unpaired) electrons. The summed E-state index contributed by atoms with van der Waals surface area (Å²) < 4.78 is 57.6. The van der Waals surface area contributed by atoms with Crippen LogP contribution >= 0.6 is 0 Å². The van der Waals surface area contributed by atoms with Gasteiger partial charge in [0, 0.05) is 6.54 Å². The second-order valence-corrected chi connectivity index (χ2v) is 7.17. The number of nitrogens with zero attached hydrogens (tertiary/aromatic N) is 1. The Hall–Kier alpha value is -1.94. The number of nitrogens with two attached hydrogens (primary N) is 1. The highest BCUT2D eigenvalue weighted by atomic mass is 32.2. The van der Waals surface area contributed by atoms with E-state index in [9.17, 15) is 21.6 Å². The number of primary sulfonamides is 1. The number of rotatable bonds is 3. The second kappa shape index (κ2) is 8.63. The summed E-state index contributed by atoms with van der Waals surface area (Å²) in [6.07, 6.45) is -3.19. The maximum atomic E-state index is 12.1. The van der Waals surface area contributed by atoms with Crippen molar-refractivity contribution in [2.75, 3.05) is 6.54 Å². The molecule has 1 saturated heterocycles. The molecule has 142 valence electrons. The number of sulfonamides is 1. The molecule has 1 fully saturated rings. The first-order valence-corrected chi connectivity index (χ1v) is 9.37. The lowest BCUT2D eigenvalue weighted by Gasteiger charge is -2.24. The first kappa shape index (κ1) is 20.4. The first-order chi connectivity index (χ1) is 12.2. The third-order valence-corrected chi connectivity index (χ3v) is 4.61. The molecule has 0 aliphatic carbocycles. The van der Waals surface area contributed by atoms with Crippen molar-refractivity contribution in [3.05, 3.63) is 66.2 Å². The van der Waals surface area contributed by atoms with Crippen LogP contribution < -0.4 is 5.14 Å². The fourth-order valence-corrected chi connectivity index (χ4v) is 3.14. The van der Waals surface area contributed by atoms with E-state index >= 15 is 0 Å². The highest BCUT2D eigenvalue weighted by molar-refractivity contribution is 7.89. The number of hydrogen-bond donors (Lipinski definition) is 1. The summed E-state index contributed by atoms with van der Waals surface area (Å²) in [4.78, 5) is 4.15. The molecule has 26 heavy (non-hydrogen) atoms. The molecule has 3 rings (SSSR count). The van der Waals surface area contributed by atoms with Gasteiger partial charge in [-0.15, -0.1) is 13.2 Å². The van der Waals surface area contributed by atoms with Gasteiger partial charge in [-0.1, -0.05) is 48.5 Å². The van der Waals surface area contributed by atoms with Crippen LogP contribution in [-0.4, -0.2) is 26.4 Å². The fraction of sp³-hybridized carbons (Fsp3) is 0.294. The lowest BCUT2D eigenvalue weighted by Crippen LogP contribution is -2.31. The van der Waals surface area contributed by atoms with Crippen molar-refractivity contribution >= 4 is 10.0 Å². The van der Waals surface area contributed by atoms with Crippen LogP contribution in [-0.2, 0) is 14.9 Å². The molecule has 1 heterocycles. The zero-order chi connectivity index (χ0) is 19.2. The second-order valence-electron chi connectivity index (χ2n) is 5.60. The number of alkyl halides is 3. The summed E-state index contributed by atoms with van der Waals surface area (Å²) in [6.45, 7) is 0.319. The predicted octanol–water partition coefficient (Wildman–Crippen LogP) is 3.61. The number of hydrogen-bond acceptors (Lipinski definition) is 4. The van der Waals surface area contributed by atoms with Crippen molar-refractivity contribution in [2.24, 2.45) is 5.14 Å². The molecule has 1 unspecified atom stereocenters. The topological polar surface area (TPSA) is 72.6 Å². The molecular weight excluding hydrogens is 369 g/mol. The lowest BCUT2D eigenvalue weighted by molar-refractivity contribution is -0.418. The van der Waals surface area contributed by atoms with Gasteiger partial charge in [-0.3, -0.25) is 0 Å². The molecule has 1 aliphatic heterocycles. The van der Waals surface area contributed by atoms with Crippen molar-refractivity contribution in [3.8, 4) is 0 Å². The summed E-state index contributed by atoms with van der Waals surface area (Å²) in [5, 5.41) is 5.85. The van der Waals surface area contributed by atoms with Gasteiger partial charge in [0.1, 0.15) is 0 Å². The van der Waals surface area contributed by atoms with Crippen LogP contribution in [0.4, 0.5) is 13.2 Å². The highest BCUT2D eigenvalue weighted by Gasteiger charge is 2.38. The van der Waals surface area contributed by atoms with Gasteiger partial charge in [0.25, 0.3) is 0 Å². The Bertz CT molecular complexity index is 784. The molecule has 2 aromatic carbocycles. The zero-order valence-electron chi connectivity index (χ0n) is 13.8. The molecule has 0 spiro atoms. The van der Waals surface area contributed by atoms with Crippen LogP contribution in [0.3, 0.4) is 0 Å². The molecule has 9 heteroatoms. The van der Waals surface area contributed by atoms with Crippen molar-refractivity contribution in [1.29, 1.82) is 0 Å². The van der Waals surface area contributed by atoms with Crippen LogP contribution in [0.15, 0.2) is 65.6 Å². The third kappa shape index (κ3) is 6.41. The number of halogens is 3. The first-order valence-electron chi connectivity index (χ1n) is 7.82. The Morgan fingerprint density at radius 1 is 1.00 bits per heavy atom. The summed E-state index contributed by atoms with van der Waals surface area (Å²) in [7, 11) is -3.50. The predicted molar refractivity (Wildman–Crippen MR) is 90.1 cm³/mol. The standard InChI is InChI=1S/C11H12F3NO.C6H7NO2S/c12-11(13,14)16-15-8-4-7-10(15)9-5-2-1-3-6-9;7-10(8,9)6-4-2-1-3-5-6/h1-3,5-6,10H,4,7-8H2;1-5H,(H2,7,8,9). The van der Waals surface area contributed by atoms with Crippen LogP contribution in [0.1, 0.15) is 24.4 Å². The number of hydroxylamine groups is 2. The lowest BCUT2D eigenvalue weighted by atomic mass is 10.1. The van der Waals surface area contributed by atoms with Crippen molar-refractivity contribution < 1.29 is 26.4 Å². The Morgan fingerprint density at radius 2 is 1.54 bits per heavy atom. The third-order valence-electron chi connectivity index (χ3n) is 3.68. The minimum Gasteiger partial charge on any atom is -0.225 e. The fourth-order valence-electron chi connectivity index (χ4n) is 2.60. The van der Waals surface area contributed by atoms with Crippen LogP contribution in [0.5, 0.6) is 0 Å². The van der Waals surface area contributed by atoms with E-state index < -0.39 is 16.4 Å². The van der Waals surface area contributed by atoms with Gasteiger partial charge in [-0.25, -0.2) is 13.6 Å². The Kier molecular flexibility index (Phi) is 6.76. The summed E-state index contributed by atoms with van der Waals surface area (Å²) in [6, 6.07) is 16.7. The molecule has 0 saturated carbocycles. The van der Waals surface area contributed by atoms with Gasteiger partial charge in [-0.2, -0.15) is 9.90 Å². The van der Waals surface area contributed by atoms with Gasteiger partial charge >= 0.3 is 6.36 Å². The van der Waals surface area contributed by atoms with E-state index in [-0.39, 0.29) is 10.9 Å². The van der Waals surface area contributed by atoms with Crippen molar-refractivity contribution in [1.82, 2.24) is 5.06 Å². The molecule has 2 aromatic rings. The largest absolute Gasteiger partial charge is 0.539 e. The minimum atomic E-state index is -4.60. The maximum Gasteiger partial charge on any atom is 0.539 e. The molecule has 5 nitrogen and oxygen atoms in total. The van der Waals surface area contributed by atoms with E-state index in [0.29, 0.717) is 13.0 Å². The summed E-state index contributed by atoms with van der Waals surface area (Å²) in [5.41, 5.74) is 0.865. The van der Waals surface area contributed by atoms with Crippen molar-refractivity contribution in [2.45, 2.75) is 30.1 Å². The molecular formula is C17H19F3N2O3S. The van der Waals surface area contributed by atoms with E-state index in [1.54, 1.807) is 18.2 Å². The van der Waals surface area contributed by atoms with Gasteiger partial charge in [-0.05, 0) is 30.5 Å². The van der Waals surface area contributed by atoms with Gasteiger partial charge in [0.2, 0.25) is 10.0 Å². The maximum absolute atomic E-state index is 12.1. The Labute approximate surface area is 150 Å². The minimum absolute atomic E-state index is 0.148. The van der Waals surface area contributed by atoms with Crippen LogP contribution in [0.2, 0.25) is 0 Å². The molecule has 0 amide bonds. The summed E-state index contributed by atoms with van der Waals surface area (Å²) in [5.74, 6) is 0. The van der Waals surface area contributed by atoms with Crippen LogP contribution in [0.25, 0.3) is 0 Å². The van der Waals surface area contributed by atoms with Crippen molar-refractivity contribution in [3.63, 3.8) is 0 Å².